The van der Waals surface area contributed by atoms with Crippen LogP contribution in [0.3, 0.4) is 0 Å². The molecule has 0 unspecified atom stereocenters. The van der Waals surface area contributed by atoms with E-state index in [4.69, 9.17) is 9.47 Å². The molecule has 34 heavy (non-hydrogen) atoms. The fourth-order valence-electron chi connectivity index (χ4n) is 4.52. The van der Waals surface area contributed by atoms with Crippen LogP contribution in [-0.4, -0.2) is 32.2 Å². The highest BCUT2D eigenvalue weighted by Gasteiger charge is 2.34. The molecule has 6 heteroatoms. The summed E-state index contributed by atoms with van der Waals surface area (Å²) in [4.78, 5) is 19.4. The van der Waals surface area contributed by atoms with Crippen LogP contribution in [0.1, 0.15) is 65.9 Å². The fraction of sp³-hybridized carbons (Fsp3) is 0.500. The van der Waals surface area contributed by atoms with Gasteiger partial charge in [0.2, 0.25) is 0 Å². The maximum absolute atomic E-state index is 13.1. The average Bonchev–Trinajstić information content (AvgIpc) is 3.12. The van der Waals surface area contributed by atoms with Gasteiger partial charge in [0.25, 0.3) is 0 Å². The van der Waals surface area contributed by atoms with Crippen molar-refractivity contribution in [2.24, 2.45) is 12.5 Å². The first kappa shape index (κ1) is 24.1. The molecule has 0 bridgehead atoms. The number of imidazole rings is 1. The quantitative estimate of drug-likeness (QED) is 0.406. The number of carbonyl (C=O) groups is 1. The summed E-state index contributed by atoms with van der Waals surface area (Å²) in [6, 6.07) is 14.1. The number of aromatic nitrogens is 2. The minimum Gasteiger partial charge on any atom is -0.457 e. The van der Waals surface area contributed by atoms with Gasteiger partial charge in [-0.25, -0.2) is 9.78 Å². The molecule has 1 aromatic heterocycles. The molecule has 0 aliphatic heterocycles. The lowest BCUT2D eigenvalue weighted by Crippen LogP contribution is -2.45. The average molecular weight is 464 g/mol. The lowest BCUT2D eigenvalue weighted by atomic mass is 9.75. The highest BCUT2D eigenvalue weighted by molar-refractivity contribution is 5.77. The van der Waals surface area contributed by atoms with Crippen molar-refractivity contribution in [1.29, 1.82) is 0 Å². The highest BCUT2D eigenvalue weighted by Crippen LogP contribution is 2.38. The molecular weight excluding hydrogens is 426 g/mol. The number of rotatable bonds is 5. The Labute approximate surface area is 202 Å². The van der Waals surface area contributed by atoms with Crippen molar-refractivity contribution in [3.05, 3.63) is 54.4 Å². The lowest BCUT2D eigenvalue weighted by Gasteiger charge is -2.40. The summed E-state index contributed by atoms with van der Waals surface area (Å²) in [6.45, 7) is 10.9. The largest absolute Gasteiger partial charge is 0.457 e. The highest BCUT2D eigenvalue weighted by atomic mass is 16.6. The summed E-state index contributed by atoms with van der Waals surface area (Å²) in [5.41, 5.74) is 2.85. The van der Waals surface area contributed by atoms with E-state index < -0.39 is 5.60 Å². The molecule has 6 nitrogen and oxygen atoms in total. The maximum Gasteiger partial charge on any atom is 0.410 e. The molecule has 0 saturated heterocycles. The van der Waals surface area contributed by atoms with Crippen LogP contribution < -0.4 is 4.74 Å². The van der Waals surface area contributed by atoms with Crippen LogP contribution in [0, 0.1) is 5.41 Å². The van der Waals surface area contributed by atoms with Gasteiger partial charge in [0, 0.05) is 25.7 Å². The molecule has 0 radical (unpaired) electrons. The standard InChI is InChI=1S/C28H37N3O3/c1-27(2,3)34-26(32)31(21-13-15-28(4,5)16-14-21)18-20-7-9-22(10-8-20)33-23-11-12-24-25(17-23)30(6)19-29-24/h7-12,17,19,21H,13-16,18H2,1-6H3. The molecule has 1 aliphatic carbocycles. The van der Waals surface area contributed by atoms with Crippen molar-refractivity contribution in [2.75, 3.05) is 0 Å². The molecule has 1 fully saturated rings. The first-order chi connectivity index (χ1) is 16.0. The third-order valence-electron chi connectivity index (χ3n) is 6.59. The zero-order valence-electron chi connectivity index (χ0n) is 21.3. The molecular formula is C28H37N3O3. The van der Waals surface area contributed by atoms with Crippen LogP contribution in [0.4, 0.5) is 4.79 Å². The van der Waals surface area contributed by atoms with Crippen molar-refractivity contribution in [1.82, 2.24) is 14.5 Å². The van der Waals surface area contributed by atoms with Crippen molar-refractivity contribution in [3.8, 4) is 11.5 Å². The van der Waals surface area contributed by atoms with Gasteiger partial charge in [-0.2, -0.15) is 0 Å². The second-order valence-electron chi connectivity index (χ2n) is 11.3. The Balaban J connectivity index is 1.47. The molecule has 4 rings (SSSR count). The van der Waals surface area contributed by atoms with E-state index in [-0.39, 0.29) is 12.1 Å². The van der Waals surface area contributed by atoms with Gasteiger partial charge in [-0.1, -0.05) is 26.0 Å². The summed E-state index contributed by atoms with van der Waals surface area (Å²) < 4.78 is 13.8. The van der Waals surface area contributed by atoms with E-state index in [1.807, 2.05) is 79.8 Å². The van der Waals surface area contributed by atoms with Gasteiger partial charge in [-0.3, -0.25) is 0 Å². The molecule has 1 amide bonds. The number of fused-ring (bicyclic) bond motifs is 1. The number of benzene rings is 2. The van der Waals surface area contributed by atoms with Crippen LogP contribution in [0.5, 0.6) is 11.5 Å². The molecule has 0 atom stereocenters. The summed E-state index contributed by atoms with van der Waals surface area (Å²) in [6.07, 6.45) is 5.80. The molecule has 1 aliphatic rings. The smallest absolute Gasteiger partial charge is 0.410 e. The molecule has 3 aromatic rings. The molecule has 1 heterocycles. The Bertz CT molecular complexity index is 1130. The number of ether oxygens (including phenoxy) is 2. The Morgan fingerprint density at radius 3 is 2.38 bits per heavy atom. The number of hydrogen-bond donors (Lipinski definition) is 0. The summed E-state index contributed by atoms with van der Waals surface area (Å²) >= 11 is 0. The van der Waals surface area contributed by atoms with E-state index in [2.05, 4.69) is 18.8 Å². The van der Waals surface area contributed by atoms with Gasteiger partial charge < -0.3 is 18.9 Å². The summed E-state index contributed by atoms with van der Waals surface area (Å²) in [7, 11) is 1.97. The van der Waals surface area contributed by atoms with Gasteiger partial charge in [-0.15, -0.1) is 0 Å². The van der Waals surface area contributed by atoms with Crippen LogP contribution >= 0.6 is 0 Å². The van der Waals surface area contributed by atoms with E-state index in [1.165, 1.54) is 0 Å². The van der Waals surface area contributed by atoms with Gasteiger partial charge in [0.15, 0.2) is 0 Å². The third kappa shape index (κ3) is 5.91. The molecule has 1 saturated carbocycles. The Hall–Kier alpha value is -3.02. The van der Waals surface area contributed by atoms with Crippen LogP contribution in [0.15, 0.2) is 48.8 Å². The van der Waals surface area contributed by atoms with Crippen LogP contribution in [0.2, 0.25) is 0 Å². The molecule has 0 spiro atoms. The predicted molar refractivity (Wildman–Crippen MR) is 135 cm³/mol. The first-order valence-corrected chi connectivity index (χ1v) is 12.2. The molecule has 2 aromatic carbocycles. The number of nitrogens with zero attached hydrogens (tertiary/aromatic N) is 3. The van der Waals surface area contributed by atoms with E-state index in [0.29, 0.717) is 12.0 Å². The van der Waals surface area contributed by atoms with Crippen molar-refractivity contribution in [3.63, 3.8) is 0 Å². The second-order valence-corrected chi connectivity index (χ2v) is 11.3. The van der Waals surface area contributed by atoms with Crippen molar-refractivity contribution < 1.29 is 14.3 Å². The number of amides is 1. The van der Waals surface area contributed by atoms with Gasteiger partial charge in [0.05, 0.1) is 17.4 Å². The number of carbonyl (C=O) groups excluding carboxylic acids is 1. The zero-order valence-corrected chi connectivity index (χ0v) is 21.3. The lowest BCUT2D eigenvalue weighted by molar-refractivity contribution is 0.00491. The van der Waals surface area contributed by atoms with E-state index >= 15 is 0 Å². The Morgan fingerprint density at radius 1 is 1.09 bits per heavy atom. The van der Waals surface area contributed by atoms with Gasteiger partial charge in [0.1, 0.15) is 17.1 Å². The fourth-order valence-corrected chi connectivity index (χ4v) is 4.52. The van der Waals surface area contributed by atoms with E-state index in [1.54, 1.807) is 6.33 Å². The SMILES string of the molecule is Cn1cnc2ccc(Oc3ccc(CN(C(=O)OC(C)(C)C)C4CCC(C)(C)CC4)cc3)cc21. The first-order valence-electron chi connectivity index (χ1n) is 12.2. The monoisotopic (exact) mass is 463 g/mol. The minimum atomic E-state index is -0.518. The van der Waals surface area contributed by atoms with Gasteiger partial charge >= 0.3 is 6.09 Å². The van der Waals surface area contributed by atoms with E-state index in [0.717, 1.165) is 53.8 Å². The maximum atomic E-state index is 13.1. The zero-order chi connectivity index (χ0) is 24.5. The second kappa shape index (κ2) is 9.32. The van der Waals surface area contributed by atoms with Crippen LogP contribution in [0.25, 0.3) is 11.0 Å². The minimum absolute atomic E-state index is 0.199. The van der Waals surface area contributed by atoms with Gasteiger partial charge in [-0.05, 0) is 81.7 Å². The topological polar surface area (TPSA) is 56.6 Å². The number of aryl methyl sites for hydroxylation is 1. The third-order valence-corrected chi connectivity index (χ3v) is 6.59. The predicted octanol–water partition coefficient (Wildman–Crippen LogP) is 7.07. The molecule has 0 N–H and O–H groups in total. The Kier molecular flexibility index (Phi) is 6.61. The van der Waals surface area contributed by atoms with E-state index in [9.17, 15) is 4.79 Å². The Morgan fingerprint density at radius 2 is 1.74 bits per heavy atom. The van der Waals surface area contributed by atoms with Crippen molar-refractivity contribution >= 4 is 17.1 Å². The number of hydrogen-bond acceptors (Lipinski definition) is 4. The summed E-state index contributed by atoms with van der Waals surface area (Å²) in [5, 5.41) is 0. The van der Waals surface area contributed by atoms with Crippen LogP contribution in [-0.2, 0) is 18.3 Å². The molecule has 182 valence electrons. The summed E-state index contributed by atoms with van der Waals surface area (Å²) in [5.74, 6) is 1.53. The normalized spacial score (nSPS) is 16.4. The van der Waals surface area contributed by atoms with Crippen molar-refractivity contribution in [2.45, 2.75) is 78.5 Å².